The van der Waals surface area contributed by atoms with E-state index < -0.39 is 11.0 Å². The van der Waals surface area contributed by atoms with Crippen molar-refractivity contribution in [2.45, 2.75) is 38.6 Å². The van der Waals surface area contributed by atoms with Crippen LogP contribution in [0.3, 0.4) is 0 Å². The number of carbonyl (C=O) groups is 2. The van der Waals surface area contributed by atoms with Crippen LogP contribution in [0.25, 0.3) is 0 Å². The summed E-state index contributed by atoms with van der Waals surface area (Å²) in [6.07, 6.45) is 0.342. The molecule has 0 heterocycles. The molecular weight excluding hydrogens is 557 g/mol. The van der Waals surface area contributed by atoms with Crippen molar-refractivity contribution in [1.82, 2.24) is 10.2 Å². The first-order chi connectivity index (χ1) is 18.6. The van der Waals surface area contributed by atoms with Gasteiger partial charge in [0.15, 0.2) is 0 Å². The zero-order valence-electron chi connectivity index (χ0n) is 21.8. The van der Waals surface area contributed by atoms with Crippen LogP contribution in [-0.4, -0.2) is 40.0 Å². The van der Waals surface area contributed by atoms with Gasteiger partial charge in [-0.15, -0.1) is 11.8 Å². The van der Waals surface area contributed by atoms with Crippen LogP contribution in [-0.2, 0) is 28.3 Å². The molecule has 0 spiro atoms. The number of carbonyl (C=O) groups excluding carboxylic acids is 2. The van der Waals surface area contributed by atoms with Crippen LogP contribution in [0.2, 0.25) is 10.0 Å². The van der Waals surface area contributed by atoms with E-state index in [0.717, 1.165) is 11.1 Å². The molecule has 7 nitrogen and oxygen atoms in total. The molecule has 1 atom stereocenters. The number of benzene rings is 3. The molecule has 0 aliphatic carbocycles. The molecule has 0 radical (unpaired) electrons. The number of amides is 2. The summed E-state index contributed by atoms with van der Waals surface area (Å²) in [6.45, 7) is 4.65. The van der Waals surface area contributed by atoms with Gasteiger partial charge >= 0.3 is 0 Å². The Hall–Kier alpha value is -3.07. The molecule has 3 rings (SSSR count). The molecule has 3 aromatic rings. The first-order valence-corrected chi connectivity index (χ1v) is 14.4. The van der Waals surface area contributed by atoms with Crippen LogP contribution in [0.5, 0.6) is 0 Å². The second-order valence-corrected chi connectivity index (χ2v) is 11.3. The van der Waals surface area contributed by atoms with Crippen molar-refractivity contribution in [3.05, 3.63) is 110 Å². The average molecular weight is 589 g/mol. The smallest absolute Gasteiger partial charge is 0.269 e. The van der Waals surface area contributed by atoms with Crippen LogP contribution < -0.4 is 5.32 Å². The highest BCUT2D eigenvalue weighted by molar-refractivity contribution is 7.99. The number of hydrogen-bond acceptors (Lipinski definition) is 5. The Kier molecular flexibility index (Phi) is 11.7. The molecule has 0 fully saturated rings. The van der Waals surface area contributed by atoms with E-state index >= 15 is 0 Å². The number of nitro groups is 1. The molecule has 0 aliphatic heterocycles. The highest BCUT2D eigenvalue weighted by atomic mass is 35.5. The Morgan fingerprint density at radius 2 is 1.69 bits per heavy atom. The Morgan fingerprint density at radius 3 is 2.31 bits per heavy atom. The molecule has 0 saturated heterocycles. The van der Waals surface area contributed by atoms with E-state index in [1.165, 1.54) is 23.9 Å². The van der Waals surface area contributed by atoms with Crippen LogP contribution >= 0.6 is 35.0 Å². The van der Waals surface area contributed by atoms with E-state index in [2.05, 4.69) is 5.32 Å². The van der Waals surface area contributed by atoms with Crippen molar-refractivity contribution in [2.24, 2.45) is 5.92 Å². The van der Waals surface area contributed by atoms with Gasteiger partial charge in [0, 0.05) is 47.4 Å². The van der Waals surface area contributed by atoms with E-state index in [1.54, 1.807) is 35.2 Å². The van der Waals surface area contributed by atoms with Crippen molar-refractivity contribution in [3.63, 3.8) is 0 Å². The first kappa shape index (κ1) is 30.5. The molecule has 10 heteroatoms. The number of nitrogens with zero attached hydrogens (tertiary/aromatic N) is 2. The monoisotopic (exact) mass is 587 g/mol. The highest BCUT2D eigenvalue weighted by Gasteiger charge is 2.30. The Labute approximate surface area is 243 Å². The summed E-state index contributed by atoms with van der Waals surface area (Å²) in [6, 6.07) is 20.2. The molecule has 206 valence electrons. The maximum atomic E-state index is 13.7. The normalized spacial score (nSPS) is 11.7. The van der Waals surface area contributed by atoms with Gasteiger partial charge in [-0.05, 0) is 34.7 Å². The zero-order chi connectivity index (χ0) is 28.4. The SMILES string of the molecule is CC(C)CNC(=O)[C@H](Cc1ccccc1)N(Cc1ccc(Cl)cc1Cl)C(=O)CSCc1ccc([N+](=O)[O-])cc1. The van der Waals surface area contributed by atoms with E-state index in [-0.39, 0.29) is 35.7 Å². The lowest BCUT2D eigenvalue weighted by atomic mass is 10.0. The number of non-ortho nitro benzene ring substituents is 1. The van der Waals surface area contributed by atoms with Crippen molar-refractivity contribution >= 4 is 52.5 Å². The van der Waals surface area contributed by atoms with Gasteiger partial charge in [-0.1, -0.05) is 85.6 Å². The number of nitrogens with one attached hydrogen (secondary N) is 1. The number of hydrogen-bond donors (Lipinski definition) is 1. The third-order valence-electron chi connectivity index (χ3n) is 5.95. The third kappa shape index (κ3) is 9.56. The van der Waals surface area contributed by atoms with Gasteiger partial charge in [0.25, 0.3) is 5.69 Å². The lowest BCUT2D eigenvalue weighted by Crippen LogP contribution is -2.51. The summed E-state index contributed by atoms with van der Waals surface area (Å²) in [5, 5.41) is 14.8. The van der Waals surface area contributed by atoms with Crippen molar-refractivity contribution in [2.75, 3.05) is 12.3 Å². The minimum atomic E-state index is -0.759. The summed E-state index contributed by atoms with van der Waals surface area (Å²) < 4.78 is 0. The molecule has 0 unspecified atom stereocenters. The largest absolute Gasteiger partial charge is 0.354 e. The van der Waals surface area contributed by atoms with E-state index in [9.17, 15) is 19.7 Å². The summed E-state index contributed by atoms with van der Waals surface area (Å²) in [5.41, 5.74) is 2.49. The fourth-order valence-electron chi connectivity index (χ4n) is 3.86. The van der Waals surface area contributed by atoms with Gasteiger partial charge < -0.3 is 10.2 Å². The first-order valence-electron chi connectivity index (χ1n) is 12.5. The van der Waals surface area contributed by atoms with E-state index in [0.29, 0.717) is 34.3 Å². The summed E-state index contributed by atoms with van der Waals surface area (Å²) in [5.74, 6) is 0.408. The minimum Gasteiger partial charge on any atom is -0.354 e. The van der Waals surface area contributed by atoms with Crippen molar-refractivity contribution in [3.8, 4) is 0 Å². The Balaban J connectivity index is 1.85. The van der Waals surface area contributed by atoms with Crippen LogP contribution in [0.1, 0.15) is 30.5 Å². The van der Waals surface area contributed by atoms with Gasteiger partial charge in [0.1, 0.15) is 6.04 Å². The second kappa shape index (κ2) is 14.9. The summed E-state index contributed by atoms with van der Waals surface area (Å²) in [4.78, 5) is 39.2. The van der Waals surface area contributed by atoms with Crippen LogP contribution in [0.15, 0.2) is 72.8 Å². The zero-order valence-corrected chi connectivity index (χ0v) is 24.1. The molecule has 1 N–H and O–H groups in total. The van der Waals surface area contributed by atoms with E-state index in [1.807, 2.05) is 44.2 Å². The average Bonchev–Trinajstić information content (AvgIpc) is 2.91. The van der Waals surface area contributed by atoms with Gasteiger partial charge in [-0.2, -0.15) is 0 Å². The summed E-state index contributed by atoms with van der Waals surface area (Å²) >= 11 is 13.9. The van der Waals surface area contributed by atoms with Gasteiger partial charge in [-0.25, -0.2) is 0 Å². The maximum absolute atomic E-state index is 13.7. The fourth-order valence-corrected chi connectivity index (χ4v) is 5.20. The van der Waals surface area contributed by atoms with Gasteiger partial charge in [-0.3, -0.25) is 19.7 Å². The highest BCUT2D eigenvalue weighted by Crippen LogP contribution is 2.25. The summed E-state index contributed by atoms with van der Waals surface area (Å²) in [7, 11) is 0. The van der Waals surface area contributed by atoms with Crippen LogP contribution in [0.4, 0.5) is 5.69 Å². The standard InChI is InChI=1S/C29H31Cl2N3O4S/c1-20(2)16-32-29(36)27(14-21-6-4-3-5-7-21)33(17-23-10-11-24(30)15-26(23)31)28(35)19-39-18-22-8-12-25(13-9-22)34(37)38/h3-13,15,20,27H,14,16-19H2,1-2H3,(H,32,36)/t27-/m0/s1. The molecule has 0 aromatic heterocycles. The molecular formula is C29H31Cl2N3O4S. The second-order valence-electron chi connectivity index (χ2n) is 9.52. The number of halogens is 2. The predicted octanol–water partition coefficient (Wildman–Crippen LogP) is 6.55. The van der Waals surface area contributed by atoms with Crippen molar-refractivity contribution in [1.29, 1.82) is 0 Å². The molecule has 0 aliphatic rings. The number of thioether (sulfide) groups is 1. The maximum Gasteiger partial charge on any atom is 0.269 e. The molecule has 0 saturated carbocycles. The number of rotatable bonds is 13. The predicted molar refractivity (Wildman–Crippen MR) is 158 cm³/mol. The molecule has 39 heavy (non-hydrogen) atoms. The topological polar surface area (TPSA) is 92.6 Å². The van der Waals surface area contributed by atoms with E-state index in [4.69, 9.17) is 23.2 Å². The number of nitro benzene ring substituents is 1. The Morgan fingerprint density at radius 1 is 1.00 bits per heavy atom. The lowest BCUT2D eigenvalue weighted by molar-refractivity contribution is -0.384. The van der Waals surface area contributed by atoms with Gasteiger partial charge in [0.05, 0.1) is 10.7 Å². The minimum absolute atomic E-state index is 0.0157. The molecule has 0 bridgehead atoms. The van der Waals surface area contributed by atoms with Crippen molar-refractivity contribution < 1.29 is 14.5 Å². The quantitative estimate of drug-likeness (QED) is 0.181. The molecule has 3 aromatic carbocycles. The van der Waals surface area contributed by atoms with Gasteiger partial charge in [0.2, 0.25) is 11.8 Å². The fraction of sp³-hybridized carbons (Fsp3) is 0.310. The third-order valence-corrected chi connectivity index (χ3v) is 7.53. The lowest BCUT2D eigenvalue weighted by Gasteiger charge is -2.32. The van der Waals surface area contributed by atoms with Crippen LogP contribution in [0, 0.1) is 16.0 Å². The molecule has 2 amide bonds. The Bertz CT molecular complexity index is 1270.